The van der Waals surface area contributed by atoms with Crippen molar-refractivity contribution < 1.29 is 46.3 Å². The minimum absolute atomic E-state index is 0. The van der Waals surface area contributed by atoms with Crippen molar-refractivity contribution in [3.05, 3.63) is 274 Å². The van der Waals surface area contributed by atoms with E-state index in [1.165, 1.54) is 487 Å². The minimum Gasteiger partial charge on any atom is -0.493 e. The van der Waals surface area contributed by atoms with Crippen molar-refractivity contribution in [3.8, 4) is 0 Å². The molecule has 0 unspecified atom stereocenters. The summed E-state index contributed by atoms with van der Waals surface area (Å²) in [4.78, 5) is 0. The average molecular weight is 2180 g/mol. The van der Waals surface area contributed by atoms with Crippen molar-refractivity contribution in [1.82, 2.24) is 0 Å². The number of benzene rings is 6. The summed E-state index contributed by atoms with van der Waals surface area (Å²) in [7, 11) is -1.07. The Morgan fingerprint density at radius 2 is 0.351 bits per heavy atom. The molecule has 0 aromatic heterocycles. The molecule has 2 aliphatic heterocycles. The summed E-state index contributed by atoms with van der Waals surface area (Å²) in [6, 6.07) is 57.2. The first kappa shape index (κ1) is 141. The maximum Gasteiger partial charge on any atom is 2.00 e. The number of hydrogen-bond acceptors (Lipinski definition) is 0. The van der Waals surface area contributed by atoms with Crippen LogP contribution in [0, 0.1) is 27.7 Å². The van der Waals surface area contributed by atoms with E-state index in [1.54, 1.807) is 9.39 Å². The Bertz CT molecular complexity index is 3980. The largest absolute Gasteiger partial charge is 2.00 e. The summed E-state index contributed by atoms with van der Waals surface area (Å²) >= 11 is 0. The zero-order chi connectivity index (χ0) is 106. The number of allylic oxidation sites excluding steroid dienone is 4. The molecular formula is C141H232N4NiPdSi. The normalized spacial score (nSPS) is 12.3. The zero-order valence-corrected chi connectivity index (χ0v) is 103. The van der Waals surface area contributed by atoms with Crippen LogP contribution in [0.4, 0.5) is 0 Å². The number of rotatable bonds is 84. The number of hydrogen-bond donors (Lipinski definition) is 0. The van der Waals surface area contributed by atoms with Crippen LogP contribution in [0.2, 0.25) is 25.7 Å². The molecule has 0 saturated heterocycles. The quantitative estimate of drug-likeness (QED) is 0.0158. The van der Waals surface area contributed by atoms with Gasteiger partial charge in [0.05, 0.1) is 0 Å². The average Bonchev–Trinajstić information content (AvgIpc) is 1.61. The molecule has 0 saturated carbocycles. The van der Waals surface area contributed by atoms with Crippen LogP contribution in [-0.4, -0.2) is 17.5 Å². The molecule has 0 atom stereocenters. The Morgan fingerprint density at radius 1 is 0.196 bits per heavy atom. The van der Waals surface area contributed by atoms with Crippen molar-refractivity contribution in [1.29, 1.82) is 0 Å². The zero-order valence-electron chi connectivity index (χ0n) is 99.0. The van der Waals surface area contributed by atoms with Gasteiger partial charge in [-0.1, -0.05) is 553 Å². The summed E-state index contributed by atoms with van der Waals surface area (Å²) in [5.41, 5.74) is 45.4. The van der Waals surface area contributed by atoms with Gasteiger partial charge in [-0.25, -0.2) is 9.39 Å². The molecule has 2 heterocycles. The molecule has 2 aliphatic rings. The van der Waals surface area contributed by atoms with Gasteiger partial charge in [0.1, 0.15) is 0 Å². The predicted octanol–water partition coefficient (Wildman–Crippen LogP) is 48.4. The maximum atomic E-state index is 11.8. The molecule has 0 spiro atoms. The summed E-state index contributed by atoms with van der Waals surface area (Å²) in [5, 5.41) is 0. The second-order valence-electron chi connectivity index (χ2n) is 45.3. The number of nitrogens with zero attached hydrogens (tertiary/aromatic N) is 4. The van der Waals surface area contributed by atoms with E-state index in [1.807, 2.05) is 60.7 Å². The predicted molar refractivity (Wildman–Crippen MR) is 658 cm³/mol. The Morgan fingerprint density at radius 3 is 0.520 bits per heavy atom. The third-order valence-corrected chi connectivity index (χ3v) is 32.0. The van der Waals surface area contributed by atoms with Crippen molar-refractivity contribution in [3.63, 3.8) is 0 Å². The number of aryl methyl sites for hydroxylation is 4. The fraction of sp³-hybridized carbons (Fsp3) is 0.660. The molecule has 6 aromatic carbocycles. The Kier molecular flexibility index (Phi) is 94.7. The SMILES string of the molecule is CCCCCC1=C(c2ccc(CCCC)cc2)[N+](=[N-])C(c2ccc(CC[Si](C)(C)C)cc2)=C1CCCCC.CCCCCCc1ccc(C2=C(CCCCC)C(CCCCC)=C(c3ccc(CCCC)cc3)[N+]2=[N-])cc1.[CH2-]CCCCCCCCCCCCCCCCCCCCCCCCCCC.[CH2-]CCCCCCCCCCCCCCCCCCCCCCCCCCC.[CH2-]c1ccccc1.[CH2-]c1ccccc1.[Ni+2].[Pd+2]. The van der Waals surface area contributed by atoms with Gasteiger partial charge in [0.2, 0.25) is 22.8 Å². The molecule has 7 heteroatoms. The third kappa shape index (κ3) is 70.9. The van der Waals surface area contributed by atoms with Gasteiger partial charge in [-0.2, -0.15) is 62.1 Å². The Balaban J connectivity index is 0.000000945. The van der Waals surface area contributed by atoms with Crippen LogP contribution < -0.4 is 0 Å². The van der Waals surface area contributed by atoms with Gasteiger partial charge in [0.25, 0.3) is 0 Å². The van der Waals surface area contributed by atoms with Gasteiger partial charge >= 0.3 is 36.9 Å². The van der Waals surface area contributed by atoms with Crippen LogP contribution in [0.15, 0.2) is 180 Å². The van der Waals surface area contributed by atoms with E-state index in [0.717, 1.165) is 133 Å². The van der Waals surface area contributed by atoms with Crippen LogP contribution in [-0.2, 0) is 62.6 Å². The minimum atomic E-state index is -1.07. The molecule has 6 aromatic rings. The topological polar surface area (TPSA) is 50.6 Å². The van der Waals surface area contributed by atoms with Gasteiger partial charge in [-0.3, -0.25) is 0 Å². The van der Waals surface area contributed by atoms with Crippen molar-refractivity contribution >= 4 is 30.9 Å². The molecular weight excluding hydrogens is 1940 g/mol. The van der Waals surface area contributed by atoms with Crippen LogP contribution in [0.5, 0.6) is 0 Å². The standard InChI is InChI=1S/C36H52N2.C35H52N2Si.2C28H57.2C7H7.Ni.Pd/c1-5-9-13-16-18-30-23-27-32(28-24-30)36-34(20-15-11-7-3)33(19-14-10-6-2)35(38(36)37)31-25-21-29(22-26-31)17-12-8-4;1-7-10-13-16-32-33(17-14-11-8-2)35(31-24-20-29(21-25-31)26-27-38(4,5)6)37(36)34(32)30-22-18-28(19-23-30)15-12-9-3;2*1-3-5-7-9-11-13-15-17-19-21-23-25-27-28-26-24-22-20-18-16-14-12-10-8-6-4-2;2*1-7-5-3-2-4-6-7;;/h21-28H,5-20H2,1-4H3;18-25H,7-17,26-27H2,1-6H3;2*1,3-28H2,2H3;2*2-6H,1H2;;/q;;4*-1;2*+2. The van der Waals surface area contributed by atoms with Crippen LogP contribution >= 0.6 is 0 Å². The van der Waals surface area contributed by atoms with E-state index in [2.05, 4.69) is 207 Å². The van der Waals surface area contributed by atoms with Gasteiger partial charge in [-0.05, 0) is 167 Å². The third-order valence-electron chi connectivity index (χ3n) is 30.3. The van der Waals surface area contributed by atoms with Gasteiger partial charge in [-0.15, -0.1) is 24.3 Å². The van der Waals surface area contributed by atoms with Crippen LogP contribution in [0.3, 0.4) is 0 Å². The molecule has 0 aliphatic carbocycles. The van der Waals surface area contributed by atoms with E-state index in [-0.39, 0.29) is 36.9 Å². The monoisotopic (exact) mass is 2170 g/mol. The second kappa shape index (κ2) is 99.6. The van der Waals surface area contributed by atoms with Gasteiger partial charge < -0.3 is 24.9 Å². The Labute approximate surface area is 945 Å². The van der Waals surface area contributed by atoms with Crippen LogP contribution in [0.25, 0.3) is 33.9 Å². The molecule has 0 bridgehead atoms. The molecule has 4 nitrogen and oxygen atoms in total. The molecule has 0 fully saturated rings. The van der Waals surface area contributed by atoms with Gasteiger partial charge in [0.15, 0.2) is 0 Å². The fourth-order valence-electron chi connectivity index (χ4n) is 20.7. The second-order valence-corrected chi connectivity index (χ2v) is 50.9. The van der Waals surface area contributed by atoms with Crippen molar-refractivity contribution in [2.24, 2.45) is 0 Å². The molecule has 8 rings (SSSR count). The van der Waals surface area contributed by atoms with E-state index >= 15 is 0 Å². The molecule has 0 radical (unpaired) electrons. The van der Waals surface area contributed by atoms with Crippen LogP contribution in [0.1, 0.15) is 606 Å². The first-order chi connectivity index (χ1) is 71.5. The van der Waals surface area contributed by atoms with Crippen molar-refractivity contribution in [2.75, 3.05) is 0 Å². The summed E-state index contributed by atoms with van der Waals surface area (Å²) in [6.45, 7) is 43.0. The summed E-state index contributed by atoms with van der Waals surface area (Å²) < 4.78 is 3.08. The van der Waals surface area contributed by atoms with E-state index in [9.17, 15) is 11.1 Å². The first-order valence-electron chi connectivity index (χ1n) is 63.2. The van der Waals surface area contributed by atoms with Crippen molar-refractivity contribution in [2.45, 2.75) is 602 Å². The van der Waals surface area contributed by atoms with E-state index < -0.39 is 8.07 Å². The molecule has 0 amide bonds. The molecule has 148 heavy (non-hydrogen) atoms. The molecule has 0 N–H and O–H groups in total. The Hall–Kier alpha value is -5.41. The molecule has 840 valence electrons. The van der Waals surface area contributed by atoms with Gasteiger partial charge in [0, 0.05) is 52.6 Å². The first-order valence-corrected chi connectivity index (χ1v) is 66.9. The fourth-order valence-corrected chi connectivity index (χ4v) is 21.8. The van der Waals surface area contributed by atoms with E-state index in [0.29, 0.717) is 0 Å². The summed E-state index contributed by atoms with van der Waals surface area (Å²) in [5.74, 6) is 0. The maximum absolute atomic E-state index is 11.8. The summed E-state index contributed by atoms with van der Waals surface area (Å²) in [6.07, 6.45) is 109. The smallest absolute Gasteiger partial charge is 0.493 e. The van der Waals surface area contributed by atoms with E-state index in [4.69, 9.17) is 0 Å². The number of unbranched alkanes of at least 4 members (excludes halogenated alkanes) is 63.